The van der Waals surface area contributed by atoms with Gasteiger partial charge in [-0.25, -0.2) is 0 Å². The van der Waals surface area contributed by atoms with Crippen LogP contribution in [-0.2, 0) is 0 Å². The van der Waals surface area contributed by atoms with Crippen LogP contribution in [0.5, 0.6) is 0 Å². The maximum atomic E-state index is 5.93. The second-order valence-corrected chi connectivity index (χ2v) is 5.67. The van der Waals surface area contributed by atoms with Gasteiger partial charge in [-0.15, -0.1) is 0 Å². The highest BCUT2D eigenvalue weighted by Crippen LogP contribution is 2.29. The van der Waals surface area contributed by atoms with E-state index in [0.29, 0.717) is 6.04 Å². The van der Waals surface area contributed by atoms with E-state index < -0.39 is 0 Å². The molecule has 0 amide bonds. The second kappa shape index (κ2) is 5.48. The maximum absolute atomic E-state index is 5.93. The van der Waals surface area contributed by atoms with Crippen LogP contribution in [0.4, 0.5) is 0 Å². The van der Waals surface area contributed by atoms with Gasteiger partial charge < -0.3 is 10.6 Å². The summed E-state index contributed by atoms with van der Waals surface area (Å²) >= 11 is 0. The van der Waals surface area contributed by atoms with Gasteiger partial charge in [0.15, 0.2) is 0 Å². The predicted octanol–water partition coefficient (Wildman–Crippen LogP) is 1.14. The summed E-state index contributed by atoms with van der Waals surface area (Å²) in [5.74, 6) is 0.754. The zero-order valence-electron chi connectivity index (χ0n) is 10.9. The van der Waals surface area contributed by atoms with E-state index in [2.05, 4.69) is 23.8 Å². The molecule has 1 saturated carbocycles. The zero-order chi connectivity index (χ0) is 11.5. The Morgan fingerprint density at radius 3 is 2.62 bits per heavy atom. The fourth-order valence-electron chi connectivity index (χ4n) is 3.32. The third kappa shape index (κ3) is 2.58. The highest BCUT2D eigenvalue weighted by atomic mass is 15.3. The predicted molar refractivity (Wildman–Crippen MR) is 68.5 cm³/mol. The molecule has 0 bridgehead atoms. The Morgan fingerprint density at radius 1 is 1.19 bits per heavy atom. The summed E-state index contributed by atoms with van der Waals surface area (Å²) in [7, 11) is 2.24. The Labute approximate surface area is 100.0 Å². The number of hydrogen-bond donors (Lipinski definition) is 1. The Morgan fingerprint density at radius 2 is 1.94 bits per heavy atom. The van der Waals surface area contributed by atoms with Crippen LogP contribution in [0.15, 0.2) is 0 Å². The Kier molecular flexibility index (Phi) is 4.22. The zero-order valence-corrected chi connectivity index (χ0v) is 10.9. The molecular weight excluding hydrogens is 198 g/mol. The van der Waals surface area contributed by atoms with E-state index in [9.17, 15) is 0 Å². The molecule has 3 nitrogen and oxygen atoms in total. The number of likely N-dealkylation sites (N-methyl/N-ethyl adjacent to an activating group) is 1. The molecule has 3 atom stereocenters. The van der Waals surface area contributed by atoms with Crippen LogP contribution in [0.2, 0.25) is 0 Å². The molecule has 1 saturated heterocycles. The van der Waals surface area contributed by atoms with Crippen molar-refractivity contribution in [3.8, 4) is 0 Å². The van der Waals surface area contributed by atoms with Crippen molar-refractivity contribution in [2.24, 2.45) is 11.7 Å². The van der Waals surface area contributed by atoms with Crippen molar-refractivity contribution in [3.05, 3.63) is 0 Å². The van der Waals surface area contributed by atoms with Gasteiger partial charge in [-0.3, -0.25) is 4.90 Å². The van der Waals surface area contributed by atoms with E-state index in [-0.39, 0.29) is 0 Å². The van der Waals surface area contributed by atoms with Gasteiger partial charge in [-0.1, -0.05) is 12.8 Å². The van der Waals surface area contributed by atoms with Crippen LogP contribution in [-0.4, -0.2) is 55.1 Å². The smallest absolute Gasteiger partial charge is 0.0192 e. The van der Waals surface area contributed by atoms with Crippen molar-refractivity contribution in [2.75, 3.05) is 33.2 Å². The molecule has 0 spiro atoms. The summed E-state index contributed by atoms with van der Waals surface area (Å²) in [6.45, 7) is 6.91. The lowest BCUT2D eigenvalue weighted by atomic mass is 9.83. The van der Waals surface area contributed by atoms with Crippen LogP contribution in [0, 0.1) is 5.92 Å². The molecule has 2 fully saturated rings. The Bertz CT molecular complexity index is 219. The topological polar surface area (TPSA) is 32.5 Å². The minimum Gasteiger partial charge on any atom is -0.330 e. The van der Waals surface area contributed by atoms with Crippen molar-refractivity contribution in [1.29, 1.82) is 0 Å². The van der Waals surface area contributed by atoms with E-state index in [4.69, 9.17) is 5.73 Å². The molecule has 0 aromatic rings. The lowest BCUT2D eigenvalue weighted by Gasteiger charge is -2.45. The largest absolute Gasteiger partial charge is 0.330 e. The normalized spacial score (nSPS) is 38.8. The van der Waals surface area contributed by atoms with Crippen LogP contribution >= 0.6 is 0 Å². The fraction of sp³-hybridized carbons (Fsp3) is 1.00. The standard InChI is InChI=1S/C13H27N3/c1-11-10-16(8-7-15(11)2)13-6-4-3-5-12(13)9-14/h11-13H,3-10,14H2,1-2H3. The molecular formula is C13H27N3. The molecule has 1 heterocycles. The summed E-state index contributed by atoms with van der Waals surface area (Å²) in [4.78, 5) is 5.18. The molecule has 2 N–H and O–H groups in total. The molecule has 0 aromatic heterocycles. The monoisotopic (exact) mass is 225 g/mol. The number of nitrogens with zero attached hydrogens (tertiary/aromatic N) is 2. The van der Waals surface area contributed by atoms with E-state index >= 15 is 0 Å². The highest BCUT2D eigenvalue weighted by molar-refractivity contribution is 4.88. The third-order valence-corrected chi connectivity index (χ3v) is 4.63. The average Bonchev–Trinajstić information content (AvgIpc) is 2.32. The SMILES string of the molecule is CC1CN(C2CCCCC2CN)CCN1C. The summed E-state index contributed by atoms with van der Waals surface area (Å²) in [6, 6.07) is 1.48. The first kappa shape index (κ1) is 12.3. The summed E-state index contributed by atoms with van der Waals surface area (Å²) in [6.07, 6.45) is 5.52. The van der Waals surface area contributed by atoms with E-state index in [1.165, 1.54) is 45.3 Å². The van der Waals surface area contributed by atoms with E-state index in [0.717, 1.165) is 18.5 Å². The van der Waals surface area contributed by atoms with E-state index in [1.807, 2.05) is 0 Å². The van der Waals surface area contributed by atoms with Crippen molar-refractivity contribution in [1.82, 2.24) is 9.80 Å². The van der Waals surface area contributed by atoms with Crippen LogP contribution < -0.4 is 5.73 Å². The molecule has 94 valence electrons. The molecule has 0 radical (unpaired) electrons. The van der Waals surface area contributed by atoms with Gasteiger partial charge in [0.05, 0.1) is 0 Å². The molecule has 3 heteroatoms. The van der Waals surface area contributed by atoms with Crippen molar-refractivity contribution >= 4 is 0 Å². The van der Waals surface area contributed by atoms with Crippen molar-refractivity contribution in [3.63, 3.8) is 0 Å². The number of piperazine rings is 1. The number of nitrogens with two attached hydrogens (primary N) is 1. The third-order valence-electron chi connectivity index (χ3n) is 4.63. The molecule has 2 rings (SSSR count). The minimum absolute atomic E-state index is 0.703. The highest BCUT2D eigenvalue weighted by Gasteiger charge is 2.32. The Hall–Kier alpha value is -0.120. The first-order valence-corrected chi connectivity index (χ1v) is 6.86. The average molecular weight is 225 g/mol. The van der Waals surface area contributed by atoms with Crippen molar-refractivity contribution in [2.45, 2.75) is 44.7 Å². The van der Waals surface area contributed by atoms with E-state index in [1.54, 1.807) is 0 Å². The lowest BCUT2D eigenvalue weighted by Crippen LogP contribution is -2.56. The van der Waals surface area contributed by atoms with Gasteiger partial charge in [-0.05, 0) is 39.3 Å². The van der Waals surface area contributed by atoms with Gasteiger partial charge in [0.1, 0.15) is 0 Å². The summed E-state index contributed by atoms with van der Waals surface area (Å²) in [5.41, 5.74) is 5.93. The van der Waals surface area contributed by atoms with Gasteiger partial charge in [-0.2, -0.15) is 0 Å². The van der Waals surface area contributed by atoms with Gasteiger partial charge in [0.2, 0.25) is 0 Å². The Balaban J connectivity index is 1.95. The summed E-state index contributed by atoms with van der Waals surface area (Å²) < 4.78 is 0. The van der Waals surface area contributed by atoms with Gasteiger partial charge in [0.25, 0.3) is 0 Å². The lowest BCUT2D eigenvalue weighted by molar-refractivity contribution is 0.0342. The fourth-order valence-corrected chi connectivity index (χ4v) is 3.32. The maximum Gasteiger partial charge on any atom is 0.0192 e. The molecule has 2 aliphatic rings. The van der Waals surface area contributed by atoms with Crippen LogP contribution in [0.25, 0.3) is 0 Å². The molecule has 1 aliphatic carbocycles. The summed E-state index contributed by atoms with van der Waals surface area (Å²) in [5, 5.41) is 0. The molecule has 16 heavy (non-hydrogen) atoms. The number of hydrogen-bond acceptors (Lipinski definition) is 3. The molecule has 3 unspecified atom stereocenters. The minimum atomic E-state index is 0.703. The van der Waals surface area contributed by atoms with Gasteiger partial charge >= 0.3 is 0 Å². The second-order valence-electron chi connectivity index (χ2n) is 5.67. The molecule has 0 aromatic carbocycles. The quantitative estimate of drug-likeness (QED) is 0.765. The first-order chi connectivity index (χ1) is 7.72. The van der Waals surface area contributed by atoms with Crippen LogP contribution in [0.3, 0.4) is 0 Å². The van der Waals surface area contributed by atoms with Crippen LogP contribution in [0.1, 0.15) is 32.6 Å². The van der Waals surface area contributed by atoms with Crippen molar-refractivity contribution < 1.29 is 0 Å². The molecule has 1 aliphatic heterocycles. The van der Waals surface area contributed by atoms with Gasteiger partial charge in [0, 0.05) is 31.7 Å². The first-order valence-electron chi connectivity index (χ1n) is 6.86. The number of rotatable bonds is 2.